The minimum Gasteiger partial charge on any atom is -0.341 e. The Kier molecular flexibility index (Phi) is 4.81. The third-order valence-corrected chi connectivity index (χ3v) is 5.65. The van der Waals surface area contributed by atoms with Crippen LogP contribution in [-0.4, -0.2) is 52.0 Å². The van der Waals surface area contributed by atoms with E-state index in [2.05, 4.69) is 10.4 Å². The summed E-state index contributed by atoms with van der Waals surface area (Å²) < 4.78 is 15.1. The minimum absolute atomic E-state index is 0.0948. The molecule has 1 aromatic carbocycles. The van der Waals surface area contributed by atoms with Crippen LogP contribution in [0.3, 0.4) is 0 Å². The Morgan fingerprint density at radius 1 is 1.21 bits per heavy atom. The summed E-state index contributed by atoms with van der Waals surface area (Å²) in [6, 6.07) is 5.79. The van der Waals surface area contributed by atoms with Gasteiger partial charge in [-0.2, -0.15) is 5.10 Å². The highest BCUT2D eigenvalue weighted by atomic mass is 19.1. The maximum Gasteiger partial charge on any atom is 0.231 e. The molecule has 1 unspecified atom stereocenters. The van der Waals surface area contributed by atoms with E-state index in [0.717, 1.165) is 5.69 Å². The number of hydrogen-bond acceptors (Lipinski definition) is 4. The maximum absolute atomic E-state index is 13.4. The molecule has 29 heavy (non-hydrogen) atoms. The summed E-state index contributed by atoms with van der Waals surface area (Å²) in [4.78, 5) is 40.5. The molecule has 0 bridgehead atoms. The Balaban J connectivity index is 1.32. The van der Waals surface area contributed by atoms with Crippen LogP contribution in [0.1, 0.15) is 12.1 Å². The molecule has 2 saturated heterocycles. The van der Waals surface area contributed by atoms with Crippen LogP contribution < -0.4 is 10.2 Å². The highest BCUT2D eigenvalue weighted by Gasteiger charge is 2.42. The molecule has 1 N–H and O–H groups in total. The van der Waals surface area contributed by atoms with Crippen LogP contribution in [0, 0.1) is 24.6 Å². The first-order valence-electron chi connectivity index (χ1n) is 9.47. The summed E-state index contributed by atoms with van der Waals surface area (Å²) >= 11 is 0. The van der Waals surface area contributed by atoms with Crippen molar-refractivity contribution in [2.75, 3.05) is 29.9 Å². The van der Waals surface area contributed by atoms with Crippen molar-refractivity contribution in [1.82, 2.24) is 14.7 Å². The van der Waals surface area contributed by atoms with Crippen LogP contribution in [0.2, 0.25) is 0 Å². The second kappa shape index (κ2) is 7.31. The summed E-state index contributed by atoms with van der Waals surface area (Å²) in [6.45, 7) is 2.74. The van der Waals surface area contributed by atoms with Crippen molar-refractivity contribution in [1.29, 1.82) is 0 Å². The molecule has 2 aliphatic rings. The highest BCUT2D eigenvalue weighted by molar-refractivity contribution is 6.01. The van der Waals surface area contributed by atoms with Gasteiger partial charge in [-0.1, -0.05) is 6.07 Å². The lowest BCUT2D eigenvalue weighted by molar-refractivity contribution is -0.145. The van der Waals surface area contributed by atoms with Gasteiger partial charge in [0, 0.05) is 38.8 Å². The molecule has 152 valence electrons. The lowest BCUT2D eigenvalue weighted by atomic mass is 9.95. The number of aromatic nitrogens is 2. The molecule has 2 fully saturated rings. The van der Waals surface area contributed by atoms with Crippen molar-refractivity contribution in [2.24, 2.45) is 18.9 Å². The van der Waals surface area contributed by atoms with E-state index in [9.17, 15) is 18.8 Å². The fraction of sp³-hybridized carbons (Fsp3) is 0.400. The fourth-order valence-electron chi connectivity index (χ4n) is 3.71. The minimum atomic E-state index is -0.477. The van der Waals surface area contributed by atoms with Crippen LogP contribution in [0.15, 0.2) is 30.5 Å². The number of halogens is 1. The summed E-state index contributed by atoms with van der Waals surface area (Å²) in [6.07, 6.45) is 1.69. The fourth-order valence-corrected chi connectivity index (χ4v) is 3.71. The van der Waals surface area contributed by atoms with E-state index < -0.39 is 11.7 Å². The van der Waals surface area contributed by atoms with Gasteiger partial charge in [-0.05, 0) is 25.1 Å². The number of amides is 3. The van der Waals surface area contributed by atoms with E-state index in [4.69, 9.17) is 0 Å². The second-order valence-electron chi connectivity index (χ2n) is 7.58. The predicted molar refractivity (Wildman–Crippen MR) is 104 cm³/mol. The SMILES string of the molecule is Cc1c(NC(=O)C2CN(C(=O)C3CC(=O)N(c4cccc(F)c4)C3)C2)cnn1C. The quantitative estimate of drug-likeness (QED) is 0.840. The second-order valence-corrected chi connectivity index (χ2v) is 7.58. The van der Waals surface area contributed by atoms with E-state index >= 15 is 0 Å². The van der Waals surface area contributed by atoms with Crippen LogP contribution in [0.4, 0.5) is 15.8 Å². The van der Waals surface area contributed by atoms with Crippen molar-refractivity contribution in [3.05, 3.63) is 42.0 Å². The molecule has 4 rings (SSSR count). The van der Waals surface area contributed by atoms with Gasteiger partial charge in [0.1, 0.15) is 5.82 Å². The number of likely N-dealkylation sites (tertiary alicyclic amines) is 1. The Morgan fingerprint density at radius 3 is 2.62 bits per heavy atom. The number of aryl methyl sites for hydroxylation is 1. The largest absolute Gasteiger partial charge is 0.341 e. The van der Waals surface area contributed by atoms with Gasteiger partial charge in [0.15, 0.2) is 0 Å². The lowest BCUT2D eigenvalue weighted by Gasteiger charge is -2.39. The number of carbonyl (C=O) groups excluding carboxylic acids is 3. The topological polar surface area (TPSA) is 87.5 Å². The Labute approximate surface area is 167 Å². The first kappa shape index (κ1) is 19.1. The van der Waals surface area contributed by atoms with E-state index in [1.54, 1.807) is 28.9 Å². The zero-order chi connectivity index (χ0) is 20.7. The monoisotopic (exact) mass is 399 g/mol. The van der Waals surface area contributed by atoms with Crippen molar-refractivity contribution in [3.63, 3.8) is 0 Å². The third kappa shape index (κ3) is 3.59. The van der Waals surface area contributed by atoms with Gasteiger partial charge in [0.25, 0.3) is 0 Å². The number of anilines is 2. The molecule has 9 heteroatoms. The molecule has 8 nitrogen and oxygen atoms in total. The van der Waals surface area contributed by atoms with Gasteiger partial charge in [-0.25, -0.2) is 4.39 Å². The van der Waals surface area contributed by atoms with Gasteiger partial charge in [0.2, 0.25) is 17.7 Å². The van der Waals surface area contributed by atoms with Gasteiger partial charge in [0.05, 0.1) is 29.4 Å². The summed E-state index contributed by atoms with van der Waals surface area (Å²) in [5.41, 5.74) is 1.97. The Morgan fingerprint density at radius 2 is 1.97 bits per heavy atom. The molecule has 2 aromatic rings. The third-order valence-electron chi connectivity index (χ3n) is 5.65. The number of carbonyl (C=O) groups is 3. The van der Waals surface area contributed by atoms with E-state index in [1.807, 2.05) is 6.92 Å². The summed E-state index contributed by atoms with van der Waals surface area (Å²) in [7, 11) is 1.80. The first-order valence-corrected chi connectivity index (χ1v) is 9.47. The number of nitrogens with one attached hydrogen (secondary N) is 1. The number of benzene rings is 1. The average molecular weight is 399 g/mol. The van der Waals surface area contributed by atoms with E-state index in [-0.39, 0.29) is 36.6 Å². The molecular weight excluding hydrogens is 377 g/mol. The molecule has 1 aromatic heterocycles. The molecule has 2 aliphatic heterocycles. The average Bonchev–Trinajstić information content (AvgIpc) is 3.18. The molecule has 3 heterocycles. The van der Waals surface area contributed by atoms with Crippen LogP contribution in [-0.2, 0) is 21.4 Å². The highest BCUT2D eigenvalue weighted by Crippen LogP contribution is 2.29. The smallest absolute Gasteiger partial charge is 0.231 e. The molecule has 0 saturated carbocycles. The van der Waals surface area contributed by atoms with Gasteiger partial charge in [-0.3, -0.25) is 19.1 Å². The maximum atomic E-state index is 13.4. The van der Waals surface area contributed by atoms with Crippen molar-refractivity contribution in [2.45, 2.75) is 13.3 Å². The molecule has 0 spiro atoms. The molecule has 0 aliphatic carbocycles. The molecular formula is C20H22FN5O3. The number of rotatable bonds is 4. The van der Waals surface area contributed by atoms with Crippen molar-refractivity contribution < 1.29 is 18.8 Å². The predicted octanol–water partition coefficient (Wildman–Crippen LogP) is 1.32. The first-order chi connectivity index (χ1) is 13.8. The zero-order valence-corrected chi connectivity index (χ0v) is 16.3. The van der Waals surface area contributed by atoms with Crippen LogP contribution >= 0.6 is 0 Å². The standard InChI is InChI=1S/C20H22FN5O3/c1-12-17(8-22-24(12)2)23-19(28)14-9-25(10-14)20(29)13-6-18(27)26(11-13)16-5-3-4-15(21)7-16/h3-5,7-8,13-14H,6,9-11H2,1-2H3,(H,23,28). The van der Waals surface area contributed by atoms with E-state index in [0.29, 0.717) is 24.5 Å². The van der Waals surface area contributed by atoms with Crippen molar-refractivity contribution in [3.8, 4) is 0 Å². The Hall–Kier alpha value is -3.23. The van der Waals surface area contributed by atoms with Crippen molar-refractivity contribution >= 4 is 29.1 Å². The number of hydrogen-bond donors (Lipinski definition) is 1. The lowest BCUT2D eigenvalue weighted by Crippen LogP contribution is -2.56. The summed E-state index contributed by atoms with van der Waals surface area (Å²) in [5.74, 6) is -1.67. The van der Waals surface area contributed by atoms with Gasteiger partial charge in [-0.15, -0.1) is 0 Å². The molecule has 0 radical (unpaired) electrons. The van der Waals surface area contributed by atoms with Gasteiger partial charge < -0.3 is 15.1 Å². The number of nitrogens with zero attached hydrogens (tertiary/aromatic N) is 4. The van der Waals surface area contributed by atoms with Gasteiger partial charge >= 0.3 is 0 Å². The van der Waals surface area contributed by atoms with Crippen LogP contribution in [0.25, 0.3) is 0 Å². The normalized spacial score (nSPS) is 19.4. The summed E-state index contributed by atoms with van der Waals surface area (Å²) in [5, 5.41) is 6.93. The Bertz CT molecular complexity index is 982. The van der Waals surface area contributed by atoms with Crippen LogP contribution in [0.5, 0.6) is 0 Å². The zero-order valence-electron chi connectivity index (χ0n) is 16.3. The van der Waals surface area contributed by atoms with E-state index in [1.165, 1.54) is 23.1 Å². The molecule has 3 amide bonds. The molecule has 1 atom stereocenters.